The van der Waals surface area contributed by atoms with E-state index in [1.165, 1.54) is 23.9 Å². The number of benzene rings is 3. The normalized spacial score (nSPS) is 11.5. The molecule has 0 aliphatic heterocycles. The number of halogens is 1. The Morgan fingerprint density at radius 3 is 2.47 bits per heavy atom. The van der Waals surface area contributed by atoms with Crippen LogP contribution in [0.5, 0.6) is 0 Å². The summed E-state index contributed by atoms with van der Waals surface area (Å²) in [6.45, 7) is 3.95. The van der Waals surface area contributed by atoms with Crippen LogP contribution < -0.4 is 5.56 Å². The minimum absolute atomic E-state index is 0.153. The highest BCUT2D eigenvalue weighted by Crippen LogP contribution is 2.27. The van der Waals surface area contributed by atoms with Crippen molar-refractivity contribution in [3.05, 3.63) is 99.9 Å². The molecule has 3 aromatic carbocycles. The van der Waals surface area contributed by atoms with Crippen LogP contribution in [0.25, 0.3) is 33.8 Å². The van der Waals surface area contributed by atoms with E-state index in [9.17, 15) is 9.18 Å². The van der Waals surface area contributed by atoms with Crippen LogP contribution in [0.4, 0.5) is 4.39 Å². The molecule has 0 aliphatic carbocycles. The molecule has 0 N–H and O–H groups in total. The van der Waals surface area contributed by atoms with Gasteiger partial charge in [0, 0.05) is 5.56 Å². The molecular formula is C26H19FN6O2S. The van der Waals surface area contributed by atoms with Crippen molar-refractivity contribution in [3.63, 3.8) is 0 Å². The largest absolute Gasteiger partial charge is 0.338 e. The molecule has 3 heterocycles. The predicted molar refractivity (Wildman–Crippen MR) is 135 cm³/mol. The molecule has 0 amide bonds. The van der Waals surface area contributed by atoms with E-state index in [1.807, 2.05) is 60.7 Å². The lowest BCUT2D eigenvalue weighted by Crippen LogP contribution is -2.23. The molecule has 0 fully saturated rings. The first-order valence-corrected chi connectivity index (χ1v) is 12.2. The first kappa shape index (κ1) is 22.2. The summed E-state index contributed by atoms with van der Waals surface area (Å²) in [6, 6.07) is 19.2. The summed E-state index contributed by atoms with van der Waals surface area (Å²) in [4.78, 5) is 18.0. The Bertz CT molecular complexity index is 1790. The number of hydrogen-bond acceptors (Lipinski definition) is 7. The maximum atomic E-state index is 13.6. The van der Waals surface area contributed by atoms with Gasteiger partial charge in [-0.05, 0) is 61.4 Å². The zero-order chi connectivity index (χ0) is 24.8. The fourth-order valence-corrected chi connectivity index (χ4v) is 5.07. The van der Waals surface area contributed by atoms with E-state index in [1.54, 1.807) is 16.7 Å². The molecule has 3 aromatic heterocycles. The van der Waals surface area contributed by atoms with Crippen LogP contribution in [0.3, 0.4) is 0 Å². The molecule has 0 aliphatic rings. The summed E-state index contributed by atoms with van der Waals surface area (Å²) >= 11 is 1.37. The molecule has 0 saturated heterocycles. The lowest BCUT2D eigenvalue weighted by molar-refractivity contribution is 0.391. The summed E-state index contributed by atoms with van der Waals surface area (Å²) in [5, 5.41) is 14.0. The van der Waals surface area contributed by atoms with Gasteiger partial charge in [0.15, 0.2) is 5.16 Å². The molecule has 36 heavy (non-hydrogen) atoms. The van der Waals surface area contributed by atoms with Gasteiger partial charge in [-0.25, -0.2) is 8.96 Å². The Morgan fingerprint density at radius 2 is 1.69 bits per heavy atom. The summed E-state index contributed by atoms with van der Waals surface area (Å²) < 4.78 is 22.1. The van der Waals surface area contributed by atoms with Crippen molar-refractivity contribution in [1.29, 1.82) is 0 Å². The molecule has 8 nitrogen and oxygen atoms in total. The second-order valence-electron chi connectivity index (χ2n) is 8.32. The van der Waals surface area contributed by atoms with Crippen LogP contribution in [-0.4, -0.2) is 29.3 Å². The lowest BCUT2D eigenvalue weighted by Gasteiger charge is -2.15. The quantitative estimate of drug-likeness (QED) is 0.304. The minimum Gasteiger partial charge on any atom is -0.338 e. The number of aryl methyl sites for hydroxylation is 2. The molecule has 6 rings (SSSR count). The number of para-hydroxylation sites is 2. The smallest absolute Gasteiger partial charge is 0.267 e. The third-order valence-electron chi connectivity index (χ3n) is 5.95. The second-order valence-corrected chi connectivity index (χ2v) is 9.27. The summed E-state index contributed by atoms with van der Waals surface area (Å²) in [6.07, 6.45) is 0. The van der Waals surface area contributed by atoms with E-state index in [4.69, 9.17) is 4.52 Å². The van der Waals surface area contributed by atoms with Gasteiger partial charge >= 0.3 is 0 Å². The van der Waals surface area contributed by atoms with Gasteiger partial charge in [0.05, 0.1) is 22.3 Å². The molecular weight excluding hydrogens is 479 g/mol. The number of aromatic nitrogens is 6. The third-order valence-corrected chi connectivity index (χ3v) is 6.87. The Morgan fingerprint density at radius 1 is 0.944 bits per heavy atom. The van der Waals surface area contributed by atoms with Gasteiger partial charge in [0.1, 0.15) is 5.82 Å². The molecule has 178 valence electrons. The Labute approximate surface area is 208 Å². The first-order valence-electron chi connectivity index (χ1n) is 11.2. The summed E-state index contributed by atoms with van der Waals surface area (Å²) in [7, 11) is 0. The molecule has 0 saturated carbocycles. The monoisotopic (exact) mass is 498 g/mol. The summed E-state index contributed by atoms with van der Waals surface area (Å²) in [5.41, 5.74) is 3.94. The number of hydrogen-bond donors (Lipinski definition) is 0. The Kier molecular flexibility index (Phi) is 5.37. The van der Waals surface area contributed by atoms with Gasteiger partial charge in [-0.3, -0.25) is 9.20 Å². The molecule has 0 spiro atoms. The van der Waals surface area contributed by atoms with Crippen molar-refractivity contribution in [3.8, 4) is 17.1 Å². The minimum atomic E-state index is -0.330. The maximum Gasteiger partial charge on any atom is 0.267 e. The highest BCUT2D eigenvalue weighted by Gasteiger charge is 2.20. The van der Waals surface area contributed by atoms with Crippen LogP contribution in [-0.2, 0) is 5.75 Å². The molecule has 0 unspecified atom stereocenters. The number of rotatable bonds is 5. The van der Waals surface area contributed by atoms with Crippen LogP contribution in [0.15, 0.2) is 81.2 Å². The zero-order valence-corrected chi connectivity index (χ0v) is 20.2. The zero-order valence-electron chi connectivity index (χ0n) is 19.3. The molecule has 6 aromatic rings. The topological polar surface area (TPSA) is 91.1 Å². The maximum absolute atomic E-state index is 13.6. The van der Waals surface area contributed by atoms with Crippen molar-refractivity contribution in [2.24, 2.45) is 0 Å². The van der Waals surface area contributed by atoms with Crippen molar-refractivity contribution >= 4 is 28.4 Å². The van der Waals surface area contributed by atoms with Crippen molar-refractivity contribution in [2.45, 2.75) is 24.8 Å². The fourth-order valence-electron chi connectivity index (χ4n) is 4.29. The number of thioether (sulfide) groups is 1. The van der Waals surface area contributed by atoms with E-state index < -0.39 is 0 Å². The van der Waals surface area contributed by atoms with Gasteiger partial charge in [0.25, 0.3) is 5.56 Å². The van der Waals surface area contributed by atoms with E-state index in [2.05, 4.69) is 20.3 Å². The van der Waals surface area contributed by atoms with Gasteiger partial charge in [-0.2, -0.15) is 4.98 Å². The van der Waals surface area contributed by atoms with Crippen LogP contribution in [0.2, 0.25) is 0 Å². The predicted octanol–water partition coefficient (Wildman–Crippen LogP) is 5.13. The standard InChI is InChI=1S/C26H19FN6O2S/c1-15-6-5-7-16(2)22(15)33-24(34)19-8-3-4-9-20(19)32-25(33)29-30-26(32)36-14-21-28-23(31-35-21)17-10-12-18(27)13-11-17/h3-13H,14H2,1-2H3. The van der Waals surface area contributed by atoms with Gasteiger partial charge in [0.2, 0.25) is 17.5 Å². The van der Waals surface area contributed by atoms with Crippen molar-refractivity contribution in [2.75, 3.05) is 0 Å². The van der Waals surface area contributed by atoms with Gasteiger partial charge in [-0.1, -0.05) is 47.3 Å². The van der Waals surface area contributed by atoms with Crippen molar-refractivity contribution in [1.82, 2.24) is 29.3 Å². The average Bonchev–Trinajstić information content (AvgIpc) is 3.52. The lowest BCUT2D eigenvalue weighted by atomic mass is 10.1. The molecule has 0 radical (unpaired) electrons. The van der Waals surface area contributed by atoms with E-state index in [0.717, 1.165) is 16.8 Å². The molecule has 0 bridgehead atoms. The van der Waals surface area contributed by atoms with E-state index >= 15 is 0 Å². The Hall–Kier alpha value is -4.31. The summed E-state index contributed by atoms with van der Waals surface area (Å²) in [5.74, 6) is 1.21. The molecule has 0 atom stereocenters. The highest BCUT2D eigenvalue weighted by molar-refractivity contribution is 7.98. The van der Waals surface area contributed by atoms with Gasteiger partial charge in [-0.15, -0.1) is 10.2 Å². The molecule has 10 heteroatoms. The number of fused-ring (bicyclic) bond motifs is 3. The second kappa shape index (κ2) is 8.72. The third kappa shape index (κ3) is 3.66. The first-order chi connectivity index (χ1) is 17.5. The van der Waals surface area contributed by atoms with E-state index in [0.29, 0.717) is 44.9 Å². The SMILES string of the molecule is Cc1cccc(C)c1-n1c(=O)c2ccccc2n2c(SCc3nc(-c4ccc(F)cc4)no3)nnc12. The fraction of sp³-hybridized carbons (Fsp3) is 0.115. The van der Waals surface area contributed by atoms with Gasteiger partial charge < -0.3 is 4.52 Å². The van der Waals surface area contributed by atoms with Crippen LogP contribution >= 0.6 is 11.8 Å². The van der Waals surface area contributed by atoms with Crippen molar-refractivity contribution < 1.29 is 8.91 Å². The highest BCUT2D eigenvalue weighted by atomic mass is 32.2. The number of nitrogens with zero attached hydrogens (tertiary/aromatic N) is 6. The Balaban J connectivity index is 1.44. The average molecular weight is 499 g/mol. The van der Waals surface area contributed by atoms with Crippen LogP contribution in [0, 0.1) is 19.7 Å². The van der Waals surface area contributed by atoms with E-state index in [-0.39, 0.29) is 11.4 Å². The van der Waals surface area contributed by atoms with Crippen LogP contribution in [0.1, 0.15) is 17.0 Å².